The molecule has 0 aliphatic heterocycles. The maximum atomic E-state index is 11.8. The predicted octanol–water partition coefficient (Wildman–Crippen LogP) is 3.30. The lowest BCUT2D eigenvalue weighted by atomic mass is 9.89. The maximum Gasteiger partial charge on any atom is 0.139 e. The van der Waals surface area contributed by atoms with Crippen molar-refractivity contribution in [2.75, 3.05) is 0 Å². The first-order valence-corrected chi connectivity index (χ1v) is 5.76. The molecule has 1 heteroatoms. The molecule has 0 heterocycles. The van der Waals surface area contributed by atoms with Crippen molar-refractivity contribution in [3.05, 3.63) is 35.4 Å². The Labute approximate surface area is 91.5 Å². The number of hydrogen-bond donors (Lipinski definition) is 0. The average molecular weight is 202 g/mol. The van der Waals surface area contributed by atoms with Gasteiger partial charge in [-0.2, -0.15) is 0 Å². The number of carbonyl (C=O) groups is 1. The first-order valence-electron chi connectivity index (χ1n) is 5.76. The Kier molecular flexibility index (Phi) is 2.64. The van der Waals surface area contributed by atoms with Gasteiger partial charge in [-0.3, -0.25) is 4.79 Å². The Balaban J connectivity index is 2.16. The lowest BCUT2D eigenvalue weighted by Gasteiger charge is -2.14. The molecule has 0 saturated heterocycles. The molecule has 80 valence electrons. The maximum absolute atomic E-state index is 11.8. The van der Waals surface area contributed by atoms with Crippen LogP contribution in [0.3, 0.4) is 0 Å². The highest BCUT2D eigenvalue weighted by molar-refractivity contribution is 5.87. The molecular formula is C14H18O. The van der Waals surface area contributed by atoms with Crippen molar-refractivity contribution < 1.29 is 4.79 Å². The Morgan fingerprint density at radius 2 is 2.00 bits per heavy atom. The van der Waals surface area contributed by atoms with E-state index >= 15 is 0 Å². The normalized spacial score (nSPS) is 17.5. The van der Waals surface area contributed by atoms with Gasteiger partial charge in [0.05, 0.1) is 0 Å². The molecule has 0 amide bonds. The van der Waals surface area contributed by atoms with Crippen LogP contribution in [0.15, 0.2) is 24.3 Å². The monoisotopic (exact) mass is 202 g/mol. The van der Waals surface area contributed by atoms with E-state index in [1.165, 1.54) is 11.1 Å². The minimum atomic E-state index is 0.0147. The van der Waals surface area contributed by atoms with Gasteiger partial charge in [0, 0.05) is 11.8 Å². The van der Waals surface area contributed by atoms with Gasteiger partial charge in [0.1, 0.15) is 5.78 Å². The molecule has 15 heavy (non-hydrogen) atoms. The Morgan fingerprint density at radius 3 is 2.53 bits per heavy atom. The van der Waals surface area contributed by atoms with Crippen LogP contribution in [0, 0.1) is 12.3 Å². The Morgan fingerprint density at radius 1 is 1.33 bits per heavy atom. The minimum Gasteiger partial charge on any atom is -0.299 e. The summed E-state index contributed by atoms with van der Waals surface area (Å²) in [6, 6.07) is 8.40. The summed E-state index contributed by atoms with van der Waals surface area (Å²) in [5.74, 6) is 0.450. The minimum absolute atomic E-state index is 0.0147. The van der Waals surface area contributed by atoms with Crippen LogP contribution in [0.4, 0.5) is 0 Å². The van der Waals surface area contributed by atoms with Gasteiger partial charge in [-0.15, -0.1) is 0 Å². The highest BCUT2D eigenvalue weighted by Crippen LogP contribution is 2.50. The number of carbonyl (C=O) groups excluding carboxylic acids is 1. The predicted molar refractivity (Wildman–Crippen MR) is 61.8 cm³/mol. The lowest BCUT2D eigenvalue weighted by Crippen LogP contribution is -2.17. The topological polar surface area (TPSA) is 17.1 Å². The third kappa shape index (κ3) is 1.97. The smallest absolute Gasteiger partial charge is 0.139 e. The average Bonchev–Trinajstić information content (AvgIpc) is 3.01. The van der Waals surface area contributed by atoms with Crippen LogP contribution in [0.25, 0.3) is 0 Å². The molecule has 1 aliphatic carbocycles. The van der Waals surface area contributed by atoms with Gasteiger partial charge in [-0.05, 0) is 37.3 Å². The summed E-state index contributed by atoms with van der Waals surface area (Å²) in [6.07, 6.45) is 3.82. The molecule has 0 atom stereocenters. The Bertz CT molecular complexity index is 375. The highest BCUT2D eigenvalue weighted by Gasteiger charge is 2.48. The van der Waals surface area contributed by atoms with Crippen molar-refractivity contribution >= 4 is 5.78 Å². The second kappa shape index (κ2) is 3.80. The number of rotatable bonds is 4. The number of hydrogen-bond acceptors (Lipinski definition) is 1. The molecule has 1 aromatic rings. The van der Waals surface area contributed by atoms with Crippen molar-refractivity contribution in [1.29, 1.82) is 0 Å². The van der Waals surface area contributed by atoms with Gasteiger partial charge in [0.25, 0.3) is 0 Å². The zero-order valence-electron chi connectivity index (χ0n) is 9.55. The van der Waals surface area contributed by atoms with Gasteiger partial charge >= 0.3 is 0 Å². The summed E-state index contributed by atoms with van der Waals surface area (Å²) < 4.78 is 0. The molecule has 1 fully saturated rings. The fourth-order valence-corrected chi connectivity index (χ4v) is 2.25. The van der Waals surface area contributed by atoms with Gasteiger partial charge < -0.3 is 0 Å². The van der Waals surface area contributed by atoms with E-state index in [1.54, 1.807) is 0 Å². The zero-order chi connectivity index (χ0) is 10.9. The number of ketones is 1. The summed E-state index contributed by atoms with van der Waals surface area (Å²) in [6.45, 7) is 4.10. The van der Waals surface area contributed by atoms with E-state index in [1.807, 2.05) is 6.92 Å². The summed E-state index contributed by atoms with van der Waals surface area (Å²) in [5, 5.41) is 0. The van der Waals surface area contributed by atoms with Crippen LogP contribution in [-0.4, -0.2) is 5.78 Å². The van der Waals surface area contributed by atoms with Gasteiger partial charge in [0.2, 0.25) is 0 Å². The summed E-state index contributed by atoms with van der Waals surface area (Å²) >= 11 is 0. The molecule has 1 nitrogen and oxygen atoms in total. The Hall–Kier alpha value is -1.11. The van der Waals surface area contributed by atoms with Gasteiger partial charge in [-0.1, -0.05) is 31.2 Å². The number of aryl methyl sites for hydroxylation is 1. The van der Waals surface area contributed by atoms with E-state index in [2.05, 4.69) is 31.2 Å². The molecule has 0 unspecified atom stereocenters. The fourth-order valence-electron chi connectivity index (χ4n) is 2.25. The van der Waals surface area contributed by atoms with Crippen LogP contribution in [-0.2, 0) is 11.2 Å². The van der Waals surface area contributed by atoms with Gasteiger partial charge in [0.15, 0.2) is 0 Å². The van der Waals surface area contributed by atoms with E-state index in [-0.39, 0.29) is 5.41 Å². The molecule has 1 saturated carbocycles. The van der Waals surface area contributed by atoms with Crippen molar-refractivity contribution in [2.24, 2.45) is 5.41 Å². The van der Waals surface area contributed by atoms with E-state index < -0.39 is 0 Å². The zero-order valence-corrected chi connectivity index (χ0v) is 9.55. The molecule has 1 aromatic carbocycles. The van der Waals surface area contributed by atoms with Crippen molar-refractivity contribution in [1.82, 2.24) is 0 Å². The quantitative estimate of drug-likeness (QED) is 0.732. The standard InChI is InChI=1S/C14H18O/c1-3-13(15)14(8-9-14)10-12-7-5-4-6-11(12)2/h4-7H,3,8-10H2,1-2H3. The molecule has 0 spiro atoms. The van der Waals surface area contributed by atoms with Crippen molar-refractivity contribution in [2.45, 2.75) is 39.5 Å². The first-order chi connectivity index (χ1) is 7.18. The summed E-state index contributed by atoms with van der Waals surface area (Å²) in [4.78, 5) is 11.8. The summed E-state index contributed by atoms with van der Waals surface area (Å²) in [7, 11) is 0. The van der Waals surface area contributed by atoms with Crippen LogP contribution in [0.5, 0.6) is 0 Å². The molecule has 0 radical (unpaired) electrons. The molecule has 2 rings (SSSR count). The van der Waals surface area contributed by atoms with Gasteiger partial charge in [-0.25, -0.2) is 0 Å². The first kappa shape index (κ1) is 10.4. The lowest BCUT2D eigenvalue weighted by molar-refractivity contribution is -0.123. The van der Waals surface area contributed by atoms with Crippen LogP contribution in [0.1, 0.15) is 37.3 Å². The van der Waals surface area contributed by atoms with E-state index in [4.69, 9.17) is 0 Å². The van der Waals surface area contributed by atoms with Crippen LogP contribution in [0.2, 0.25) is 0 Å². The third-order valence-corrected chi connectivity index (χ3v) is 3.56. The van der Waals surface area contributed by atoms with Crippen LogP contribution >= 0.6 is 0 Å². The largest absolute Gasteiger partial charge is 0.299 e. The van der Waals surface area contributed by atoms with E-state index in [0.717, 1.165) is 19.3 Å². The highest BCUT2D eigenvalue weighted by atomic mass is 16.1. The van der Waals surface area contributed by atoms with Crippen molar-refractivity contribution in [3.8, 4) is 0 Å². The number of benzene rings is 1. The molecule has 0 aromatic heterocycles. The summed E-state index contributed by atoms with van der Waals surface area (Å²) in [5.41, 5.74) is 2.67. The molecular weight excluding hydrogens is 184 g/mol. The van der Waals surface area contributed by atoms with E-state index in [0.29, 0.717) is 12.2 Å². The molecule has 0 N–H and O–H groups in total. The SMILES string of the molecule is CCC(=O)C1(Cc2ccccc2C)CC1. The van der Waals surface area contributed by atoms with E-state index in [9.17, 15) is 4.79 Å². The second-order valence-corrected chi connectivity index (χ2v) is 4.66. The van der Waals surface area contributed by atoms with Crippen LogP contribution < -0.4 is 0 Å². The molecule has 0 bridgehead atoms. The molecule has 1 aliphatic rings. The number of Topliss-reactive ketones (excluding diaryl/α,β-unsaturated/α-hetero) is 1. The third-order valence-electron chi connectivity index (χ3n) is 3.56. The second-order valence-electron chi connectivity index (χ2n) is 4.66. The van der Waals surface area contributed by atoms with Crippen molar-refractivity contribution in [3.63, 3.8) is 0 Å². The fraction of sp³-hybridized carbons (Fsp3) is 0.500.